The summed E-state index contributed by atoms with van der Waals surface area (Å²) in [6, 6.07) is 0. The minimum Gasteiger partial charge on any atom is -0.756 e. The fourth-order valence-corrected chi connectivity index (χ4v) is 5.50. The Hall–Kier alpha value is -0.990. The van der Waals surface area contributed by atoms with Crippen LogP contribution in [0.5, 0.6) is 0 Å². The molecule has 0 aliphatic carbocycles. The second kappa shape index (κ2) is 28.3. The number of esters is 2. The van der Waals surface area contributed by atoms with Crippen LogP contribution >= 0.6 is 7.82 Å². The Kier molecular flexibility index (Phi) is 27.6. The molecule has 0 aliphatic heterocycles. The van der Waals surface area contributed by atoms with Crippen molar-refractivity contribution in [2.24, 2.45) is 0 Å². The van der Waals surface area contributed by atoms with Crippen LogP contribution in [0.3, 0.4) is 0 Å². The lowest BCUT2D eigenvalue weighted by atomic mass is 10.0. The van der Waals surface area contributed by atoms with E-state index >= 15 is 0 Å². The largest absolute Gasteiger partial charge is 0.756 e. The molecule has 0 bridgehead atoms. The number of phosphoric acid groups is 1. The van der Waals surface area contributed by atoms with Crippen LogP contribution in [0.2, 0.25) is 0 Å². The molecule has 0 amide bonds. The van der Waals surface area contributed by atoms with Gasteiger partial charge in [-0.1, -0.05) is 129 Å². The van der Waals surface area contributed by atoms with E-state index in [1.165, 1.54) is 77.0 Å². The summed E-state index contributed by atoms with van der Waals surface area (Å²) >= 11 is 0. The first-order valence-electron chi connectivity index (χ1n) is 17.7. The van der Waals surface area contributed by atoms with E-state index in [-0.39, 0.29) is 26.1 Å². The van der Waals surface area contributed by atoms with Crippen molar-refractivity contribution in [3.63, 3.8) is 0 Å². The maximum Gasteiger partial charge on any atom is 0.306 e. The van der Waals surface area contributed by atoms with E-state index in [9.17, 15) is 19.0 Å². The van der Waals surface area contributed by atoms with Crippen molar-refractivity contribution < 1.29 is 42.1 Å². The molecular weight excluding hydrogens is 581 g/mol. The Bertz CT molecular complexity index is 743. The van der Waals surface area contributed by atoms with E-state index in [4.69, 9.17) is 18.5 Å². The van der Waals surface area contributed by atoms with Gasteiger partial charge in [0.25, 0.3) is 7.82 Å². The van der Waals surface area contributed by atoms with Crippen LogP contribution in [0.15, 0.2) is 0 Å². The smallest absolute Gasteiger partial charge is 0.306 e. The first kappa shape index (κ1) is 43.0. The molecule has 9 nitrogen and oxygen atoms in total. The number of nitrogens with zero attached hydrogens (tertiary/aromatic N) is 1. The zero-order valence-electron chi connectivity index (χ0n) is 29.1. The quantitative estimate of drug-likeness (QED) is 0.0310. The number of carbonyl (C=O) groups is 2. The van der Waals surface area contributed by atoms with Crippen molar-refractivity contribution in [2.45, 2.75) is 161 Å². The minimum absolute atomic E-state index is 0.0268. The molecule has 0 spiro atoms. The van der Waals surface area contributed by atoms with Gasteiger partial charge in [0, 0.05) is 12.8 Å². The van der Waals surface area contributed by atoms with Gasteiger partial charge in [0.05, 0.1) is 27.7 Å². The Morgan fingerprint density at radius 3 is 1.45 bits per heavy atom. The average molecular weight is 650 g/mol. The van der Waals surface area contributed by atoms with Crippen molar-refractivity contribution >= 4 is 19.8 Å². The van der Waals surface area contributed by atoms with Crippen LogP contribution in [0.1, 0.15) is 155 Å². The molecule has 44 heavy (non-hydrogen) atoms. The molecule has 0 saturated heterocycles. The second-order valence-corrected chi connectivity index (χ2v) is 14.7. The highest BCUT2D eigenvalue weighted by atomic mass is 31.2. The van der Waals surface area contributed by atoms with E-state index in [0.717, 1.165) is 44.9 Å². The molecule has 0 N–H and O–H groups in total. The Balaban J connectivity index is 4.32. The third-order valence-corrected chi connectivity index (χ3v) is 8.59. The van der Waals surface area contributed by atoms with Crippen LogP contribution in [-0.2, 0) is 32.7 Å². The standard InChI is InChI=1S/C34H68NO8P/c1-6-8-10-12-13-14-15-16-17-18-19-20-21-23-25-27-34(37)43-32(30-40-33(36)26-24-22-11-9-7-2)31-42-44(38,39)41-29-28-35(3,4)5/h32H,6-31H2,1-5H3. The molecule has 0 heterocycles. The van der Waals surface area contributed by atoms with Crippen molar-refractivity contribution in [1.29, 1.82) is 0 Å². The van der Waals surface area contributed by atoms with Gasteiger partial charge in [0.15, 0.2) is 6.10 Å². The maximum absolute atomic E-state index is 12.5. The van der Waals surface area contributed by atoms with Crippen LogP contribution in [0, 0.1) is 0 Å². The summed E-state index contributed by atoms with van der Waals surface area (Å²) in [5.74, 6) is -0.843. The SMILES string of the molecule is CCCCCCCCCCCCCCCCCC(=O)OC(COC(=O)CCCCCCC)COP(=O)([O-])OCC[N+](C)(C)C. The molecule has 0 aromatic heterocycles. The maximum atomic E-state index is 12.5. The predicted molar refractivity (Wildman–Crippen MR) is 176 cm³/mol. The van der Waals surface area contributed by atoms with Crippen LogP contribution in [-0.4, -0.2) is 70.0 Å². The van der Waals surface area contributed by atoms with Gasteiger partial charge in [-0.15, -0.1) is 0 Å². The molecule has 0 saturated carbocycles. The number of hydrogen-bond donors (Lipinski definition) is 0. The van der Waals surface area contributed by atoms with Crippen LogP contribution in [0.4, 0.5) is 0 Å². The third-order valence-electron chi connectivity index (χ3n) is 7.63. The summed E-state index contributed by atoms with van der Waals surface area (Å²) in [6.07, 6.45) is 23.1. The number of quaternary nitrogens is 1. The van der Waals surface area contributed by atoms with Gasteiger partial charge >= 0.3 is 11.9 Å². The average Bonchev–Trinajstić information content (AvgIpc) is 2.95. The zero-order chi connectivity index (χ0) is 32.9. The fourth-order valence-electron chi connectivity index (χ4n) is 4.77. The van der Waals surface area contributed by atoms with Crippen molar-refractivity contribution in [2.75, 3.05) is 47.5 Å². The van der Waals surface area contributed by atoms with E-state index in [0.29, 0.717) is 17.4 Å². The van der Waals surface area contributed by atoms with Crippen molar-refractivity contribution in [3.8, 4) is 0 Å². The summed E-state index contributed by atoms with van der Waals surface area (Å²) < 4.78 is 33.5. The Labute approximate surface area is 270 Å². The first-order chi connectivity index (χ1) is 21.0. The molecule has 10 heteroatoms. The molecule has 262 valence electrons. The van der Waals surface area contributed by atoms with Gasteiger partial charge in [0.2, 0.25) is 0 Å². The molecule has 0 aromatic carbocycles. The molecule has 0 aromatic rings. The first-order valence-corrected chi connectivity index (χ1v) is 19.2. The highest BCUT2D eigenvalue weighted by Crippen LogP contribution is 2.38. The summed E-state index contributed by atoms with van der Waals surface area (Å²) in [6.45, 7) is 4.12. The van der Waals surface area contributed by atoms with Crippen molar-refractivity contribution in [1.82, 2.24) is 0 Å². The number of hydrogen-bond acceptors (Lipinski definition) is 8. The molecule has 0 fully saturated rings. The van der Waals surface area contributed by atoms with Crippen molar-refractivity contribution in [3.05, 3.63) is 0 Å². The molecule has 0 aliphatic rings. The third kappa shape index (κ3) is 31.0. The lowest BCUT2D eigenvalue weighted by Crippen LogP contribution is -2.37. The number of likely N-dealkylation sites (N-methyl/N-ethyl adjacent to an activating group) is 1. The molecule has 2 atom stereocenters. The number of unbranched alkanes of at least 4 members (excludes halogenated alkanes) is 18. The lowest BCUT2D eigenvalue weighted by Gasteiger charge is -2.28. The number of phosphoric ester groups is 1. The zero-order valence-corrected chi connectivity index (χ0v) is 30.0. The van der Waals surface area contributed by atoms with E-state index in [1.54, 1.807) is 0 Å². The summed E-state index contributed by atoms with van der Waals surface area (Å²) in [5, 5.41) is 0. The van der Waals surface area contributed by atoms with E-state index < -0.39 is 32.5 Å². The topological polar surface area (TPSA) is 111 Å². The molecule has 0 rings (SSSR count). The Morgan fingerprint density at radius 1 is 0.614 bits per heavy atom. The fraction of sp³-hybridized carbons (Fsp3) is 0.941. The lowest BCUT2D eigenvalue weighted by molar-refractivity contribution is -0.870. The summed E-state index contributed by atoms with van der Waals surface area (Å²) in [4.78, 5) is 36.9. The van der Waals surface area contributed by atoms with Crippen LogP contribution in [0.25, 0.3) is 0 Å². The molecular formula is C34H68NO8P. The van der Waals surface area contributed by atoms with Gasteiger partial charge < -0.3 is 27.9 Å². The molecule has 2 unspecified atom stereocenters. The summed E-state index contributed by atoms with van der Waals surface area (Å²) in [5.41, 5.74) is 0. The van der Waals surface area contributed by atoms with Gasteiger partial charge in [-0.25, -0.2) is 0 Å². The van der Waals surface area contributed by atoms with E-state index in [2.05, 4.69) is 13.8 Å². The molecule has 0 radical (unpaired) electrons. The van der Waals surface area contributed by atoms with Gasteiger partial charge in [-0.05, 0) is 12.8 Å². The normalized spacial score (nSPS) is 13.9. The Morgan fingerprint density at radius 2 is 1.02 bits per heavy atom. The highest BCUT2D eigenvalue weighted by molar-refractivity contribution is 7.45. The predicted octanol–water partition coefficient (Wildman–Crippen LogP) is 8.27. The summed E-state index contributed by atoms with van der Waals surface area (Å²) in [7, 11) is 1.17. The minimum atomic E-state index is -4.60. The highest BCUT2D eigenvalue weighted by Gasteiger charge is 2.21. The van der Waals surface area contributed by atoms with Gasteiger partial charge in [-0.3, -0.25) is 14.2 Å². The van der Waals surface area contributed by atoms with E-state index in [1.807, 2.05) is 21.1 Å². The second-order valence-electron chi connectivity index (χ2n) is 13.2. The number of rotatable bonds is 32. The van der Waals surface area contributed by atoms with Crippen LogP contribution < -0.4 is 4.89 Å². The van der Waals surface area contributed by atoms with Gasteiger partial charge in [0.1, 0.15) is 19.8 Å². The van der Waals surface area contributed by atoms with Gasteiger partial charge in [-0.2, -0.15) is 0 Å². The number of carbonyl (C=O) groups excluding carboxylic acids is 2. The number of ether oxygens (including phenoxy) is 2. The monoisotopic (exact) mass is 649 g/mol.